The highest BCUT2D eigenvalue weighted by Crippen LogP contribution is 2.45. The average Bonchev–Trinajstić information content (AvgIpc) is 3.65. The van der Waals surface area contributed by atoms with Crippen molar-refractivity contribution in [2.45, 2.75) is 381 Å². The van der Waals surface area contributed by atoms with Gasteiger partial charge in [-0.15, -0.1) is 0 Å². The lowest BCUT2D eigenvalue weighted by Crippen LogP contribution is -2.30. The molecule has 0 saturated carbocycles. The zero-order valence-corrected chi connectivity index (χ0v) is 61.1. The van der Waals surface area contributed by atoms with Crippen LogP contribution in [0.3, 0.4) is 0 Å². The normalized spacial score (nSPS) is 14.2. The van der Waals surface area contributed by atoms with Crippen molar-refractivity contribution in [2.75, 3.05) is 39.6 Å². The fourth-order valence-electron chi connectivity index (χ4n) is 10.9. The van der Waals surface area contributed by atoms with Gasteiger partial charge in [0.25, 0.3) is 0 Å². The van der Waals surface area contributed by atoms with Crippen LogP contribution >= 0.6 is 15.6 Å². The lowest BCUT2D eigenvalue weighted by Gasteiger charge is -2.21. The number of aliphatic hydroxyl groups is 1. The molecule has 17 nitrogen and oxygen atoms in total. The van der Waals surface area contributed by atoms with E-state index in [1.807, 2.05) is 0 Å². The minimum absolute atomic E-state index is 0.106. The summed E-state index contributed by atoms with van der Waals surface area (Å²) in [4.78, 5) is 72.6. The van der Waals surface area contributed by atoms with Crippen molar-refractivity contribution in [3.63, 3.8) is 0 Å². The molecule has 5 atom stereocenters. The van der Waals surface area contributed by atoms with Crippen LogP contribution in [0.15, 0.2) is 0 Å². The van der Waals surface area contributed by atoms with E-state index in [4.69, 9.17) is 37.0 Å². The molecule has 19 heteroatoms. The molecule has 0 fully saturated rings. The number of hydrogen-bond acceptors (Lipinski definition) is 15. The van der Waals surface area contributed by atoms with Gasteiger partial charge in [-0.1, -0.05) is 312 Å². The molecule has 540 valence electrons. The highest BCUT2D eigenvalue weighted by atomic mass is 31.2. The van der Waals surface area contributed by atoms with Gasteiger partial charge < -0.3 is 33.8 Å². The van der Waals surface area contributed by atoms with Crippen LogP contribution in [0, 0.1) is 17.8 Å². The molecule has 0 amide bonds. The monoisotopic (exact) mass is 1340 g/mol. The molecule has 91 heavy (non-hydrogen) atoms. The minimum Gasteiger partial charge on any atom is -0.462 e. The van der Waals surface area contributed by atoms with Gasteiger partial charge in [0.05, 0.1) is 26.4 Å². The topological polar surface area (TPSA) is 237 Å². The van der Waals surface area contributed by atoms with Crippen molar-refractivity contribution in [1.29, 1.82) is 0 Å². The number of esters is 4. The van der Waals surface area contributed by atoms with Gasteiger partial charge in [-0.2, -0.15) is 0 Å². The van der Waals surface area contributed by atoms with Gasteiger partial charge in [0.1, 0.15) is 19.3 Å². The molecule has 0 heterocycles. The maximum Gasteiger partial charge on any atom is 0.472 e. The Kier molecular flexibility index (Phi) is 61.5. The number of aliphatic hydroxyl groups excluding tert-OH is 1. The summed E-state index contributed by atoms with van der Waals surface area (Å²) in [7, 11) is -9.90. The molecule has 0 aromatic heterocycles. The fraction of sp³-hybridized carbons (Fsp3) is 0.944. The first kappa shape index (κ1) is 89.1. The summed E-state index contributed by atoms with van der Waals surface area (Å²) in [6, 6.07) is 0. The summed E-state index contributed by atoms with van der Waals surface area (Å²) in [6.45, 7) is 11.8. The number of rotatable bonds is 70. The van der Waals surface area contributed by atoms with Crippen LogP contribution in [0.1, 0.15) is 363 Å². The van der Waals surface area contributed by atoms with Gasteiger partial charge in [-0.25, -0.2) is 9.13 Å². The summed E-state index contributed by atoms with van der Waals surface area (Å²) in [5.74, 6) is 0.116. The Balaban J connectivity index is 5.21. The van der Waals surface area contributed by atoms with E-state index in [-0.39, 0.29) is 25.7 Å². The van der Waals surface area contributed by atoms with Gasteiger partial charge >= 0.3 is 39.5 Å². The summed E-state index contributed by atoms with van der Waals surface area (Å²) in [6.07, 6.45) is 47.3. The molecular weight excluding hydrogens is 1200 g/mol. The molecule has 2 unspecified atom stereocenters. The molecule has 0 aliphatic rings. The third-order valence-corrected chi connectivity index (χ3v) is 18.5. The van der Waals surface area contributed by atoms with E-state index in [0.29, 0.717) is 31.6 Å². The van der Waals surface area contributed by atoms with Crippen molar-refractivity contribution in [3.05, 3.63) is 0 Å². The Morgan fingerprint density at radius 2 is 0.505 bits per heavy atom. The number of ether oxygens (including phenoxy) is 4. The quantitative estimate of drug-likeness (QED) is 0.0222. The molecule has 0 aliphatic heterocycles. The second-order valence-electron chi connectivity index (χ2n) is 27.4. The Bertz CT molecular complexity index is 1780. The van der Waals surface area contributed by atoms with Crippen LogP contribution in [0.25, 0.3) is 0 Å². The highest BCUT2D eigenvalue weighted by Gasteiger charge is 2.30. The largest absolute Gasteiger partial charge is 0.472 e. The van der Waals surface area contributed by atoms with Crippen molar-refractivity contribution in [3.8, 4) is 0 Å². The van der Waals surface area contributed by atoms with Crippen LogP contribution in [0.5, 0.6) is 0 Å². The molecule has 0 spiro atoms. The summed E-state index contributed by atoms with van der Waals surface area (Å²) in [5, 5.41) is 10.6. The first-order valence-electron chi connectivity index (χ1n) is 37.3. The van der Waals surface area contributed by atoms with E-state index in [2.05, 4.69) is 48.5 Å². The van der Waals surface area contributed by atoms with Crippen molar-refractivity contribution >= 4 is 39.5 Å². The molecular formula is C72H140O17P2. The lowest BCUT2D eigenvalue weighted by molar-refractivity contribution is -0.161. The van der Waals surface area contributed by atoms with E-state index in [1.54, 1.807) is 0 Å². The minimum atomic E-state index is -4.95. The van der Waals surface area contributed by atoms with Crippen LogP contribution < -0.4 is 0 Å². The molecule has 0 saturated heterocycles. The number of hydrogen-bond donors (Lipinski definition) is 3. The van der Waals surface area contributed by atoms with Gasteiger partial charge in [0.2, 0.25) is 0 Å². The summed E-state index contributed by atoms with van der Waals surface area (Å²) in [5.41, 5.74) is 0. The number of phosphoric acid groups is 2. The Labute approximate surface area is 556 Å². The zero-order chi connectivity index (χ0) is 67.3. The lowest BCUT2D eigenvalue weighted by atomic mass is 10.0. The first-order valence-corrected chi connectivity index (χ1v) is 40.3. The Morgan fingerprint density at radius 1 is 0.297 bits per heavy atom. The Morgan fingerprint density at radius 3 is 0.747 bits per heavy atom. The molecule has 0 radical (unpaired) electrons. The molecule has 0 bridgehead atoms. The third kappa shape index (κ3) is 66.5. The van der Waals surface area contributed by atoms with Gasteiger partial charge in [0.15, 0.2) is 12.2 Å². The molecule has 0 aliphatic carbocycles. The second-order valence-corrected chi connectivity index (χ2v) is 30.3. The zero-order valence-electron chi connectivity index (χ0n) is 59.3. The van der Waals surface area contributed by atoms with Gasteiger partial charge in [-0.3, -0.25) is 37.3 Å². The number of unbranched alkanes of at least 4 members (excludes halogenated alkanes) is 38. The van der Waals surface area contributed by atoms with Crippen molar-refractivity contribution in [2.24, 2.45) is 17.8 Å². The average molecular weight is 1340 g/mol. The van der Waals surface area contributed by atoms with E-state index in [9.17, 15) is 43.2 Å². The van der Waals surface area contributed by atoms with E-state index in [1.165, 1.54) is 167 Å². The Hall–Kier alpha value is -1.94. The molecule has 0 aromatic carbocycles. The van der Waals surface area contributed by atoms with Crippen molar-refractivity contribution in [1.82, 2.24) is 0 Å². The second kappa shape index (κ2) is 62.8. The summed E-state index contributed by atoms with van der Waals surface area (Å²) >= 11 is 0. The van der Waals surface area contributed by atoms with Crippen LogP contribution in [-0.2, 0) is 65.4 Å². The fourth-order valence-corrected chi connectivity index (χ4v) is 12.5. The molecule has 0 rings (SSSR count). The maximum atomic E-state index is 13.0. The molecule has 0 aromatic rings. The predicted octanol–water partition coefficient (Wildman–Crippen LogP) is 20.6. The third-order valence-electron chi connectivity index (χ3n) is 16.6. The predicted molar refractivity (Wildman–Crippen MR) is 368 cm³/mol. The van der Waals surface area contributed by atoms with E-state index < -0.39 is 97.5 Å². The van der Waals surface area contributed by atoms with E-state index in [0.717, 1.165) is 108 Å². The highest BCUT2D eigenvalue weighted by molar-refractivity contribution is 7.47. The number of carbonyl (C=O) groups excluding carboxylic acids is 4. The SMILES string of the molecule is CCCCCCCCCCCCCC(=O)O[C@H](COC(=O)CCCCCCCCCC(C)C)COP(=O)(O)OC[C@H](O)COP(=O)(O)OC[C@@H](COC(=O)CCCCCCCCCCC(C)C)OC(=O)CCCCCCCCCCCCCCCCCCC(C)C. The van der Waals surface area contributed by atoms with E-state index >= 15 is 0 Å². The van der Waals surface area contributed by atoms with Gasteiger partial charge in [-0.05, 0) is 43.4 Å². The maximum absolute atomic E-state index is 13.0. The van der Waals surface area contributed by atoms with Crippen LogP contribution in [-0.4, -0.2) is 96.7 Å². The summed E-state index contributed by atoms with van der Waals surface area (Å²) < 4.78 is 68.3. The van der Waals surface area contributed by atoms with Crippen molar-refractivity contribution < 1.29 is 80.2 Å². The van der Waals surface area contributed by atoms with Crippen LogP contribution in [0.4, 0.5) is 0 Å². The first-order chi connectivity index (χ1) is 43.7. The standard InChI is InChI=1S/C72H140O17P2/c1-8-9-10-11-12-13-20-24-33-41-48-55-71(76)89-68(60-83-70(75)54-47-40-35-28-31-38-45-52-65(6)7)62-87-91(80,81)85-58-66(73)57-84-90(78,79)86-61-67(59-82-69(74)53-46-39-32-27-26-30-37-44-51-64(4)5)88-72(77)56-49-42-34-25-22-19-17-15-14-16-18-21-23-29-36-43-50-63(2)3/h63-68,73H,8-62H2,1-7H3,(H,78,79)(H,80,81)/t66-,67-,68-/m1/s1. The van der Waals surface area contributed by atoms with Crippen LogP contribution in [0.2, 0.25) is 0 Å². The number of phosphoric ester groups is 2. The molecule has 3 N–H and O–H groups in total. The van der Waals surface area contributed by atoms with Gasteiger partial charge in [0, 0.05) is 25.7 Å². The smallest absolute Gasteiger partial charge is 0.462 e. The number of carbonyl (C=O) groups is 4.